The van der Waals surface area contributed by atoms with Crippen LogP contribution >= 0.6 is 11.8 Å². The predicted molar refractivity (Wildman–Crippen MR) is 128 cm³/mol. The zero-order valence-corrected chi connectivity index (χ0v) is 18.2. The third-order valence-electron chi connectivity index (χ3n) is 4.51. The third kappa shape index (κ3) is 5.44. The van der Waals surface area contributed by atoms with Gasteiger partial charge in [0, 0.05) is 17.8 Å². The van der Waals surface area contributed by atoms with Crippen LogP contribution in [0.2, 0.25) is 0 Å². The van der Waals surface area contributed by atoms with E-state index in [9.17, 15) is 4.79 Å². The lowest BCUT2D eigenvalue weighted by molar-refractivity contribution is -0.113. The van der Waals surface area contributed by atoms with E-state index in [0.29, 0.717) is 23.1 Å². The summed E-state index contributed by atoms with van der Waals surface area (Å²) in [6.07, 6.45) is 1.79. The molecule has 0 radical (unpaired) electrons. The average molecular weight is 443 g/mol. The van der Waals surface area contributed by atoms with E-state index in [1.165, 1.54) is 11.8 Å². The number of benzene rings is 3. The third-order valence-corrected chi connectivity index (χ3v) is 5.48. The van der Waals surface area contributed by atoms with Crippen molar-refractivity contribution in [3.05, 3.63) is 97.6 Å². The zero-order valence-electron chi connectivity index (χ0n) is 17.3. The fourth-order valence-corrected chi connectivity index (χ4v) is 3.80. The molecule has 0 unspecified atom stereocenters. The fraction of sp³-hybridized carbons (Fsp3) is 0.0800. The first-order chi connectivity index (χ1) is 15.7. The highest BCUT2D eigenvalue weighted by atomic mass is 32.2. The number of anilines is 1. The Kier molecular flexibility index (Phi) is 6.99. The van der Waals surface area contributed by atoms with Gasteiger partial charge < -0.3 is 10.1 Å². The number of hydrogen-bond donors (Lipinski definition) is 1. The van der Waals surface area contributed by atoms with Crippen molar-refractivity contribution in [3.63, 3.8) is 0 Å². The number of thioether (sulfide) groups is 1. The van der Waals surface area contributed by atoms with E-state index >= 15 is 0 Å². The number of ether oxygens (including phenoxy) is 1. The topological polar surface area (TPSA) is 69.0 Å². The van der Waals surface area contributed by atoms with Gasteiger partial charge in [0.1, 0.15) is 11.5 Å². The Morgan fingerprint density at radius 1 is 0.938 bits per heavy atom. The Balaban J connectivity index is 1.36. The van der Waals surface area contributed by atoms with E-state index in [-0.39, 0.29) is 11.7 Å². The van der Waals surface area contributed by atoms with Gasteiger partial charge in [-0.2, -0.15) is 0 Å². The number of aromatic nitrogens is 3. The summed E-state index contributed by atoms with van der Waals surface area (Å²) in [5.41, 5.74) is 1.67. The van der Waals surface area contributed by atoms with Crippen molar-refractivity contribution in [3.8, 4) is 22.9 Å². The normalized spacial score (nSPS) is 10.5. The number of rotatable bonds is 9. The van der Waals surface area contributed by atoms with E-state index in [1.807, 2.05) is 89.5 Å². The first-order valence-corrected chi connectivity index (χ1v) is 11.1. The fourth-order valence-electron chi connectivity index (χ4n) is 3.05. The van der Waals surface area contributed by atoms with Gasteiger partial charge in [-0.1, -0.05) is 66.4 Å². The second-order valence-electron chi connectivity index (χ2n) is 6.85. The maximum absolute atomic E-state index is 12.5. The maximum Gasteiger partial charge on any atom is 0.234 e. The van der Waals surface area contributed by atoms with Crippen LogP contribution in [0.1, 0.15) is 0 Å². The molecular formula is C25H22N4O2S. The molecule has 1 N–H and O–H groups in total. The number of para-hydroxylation sites is 1. The van der Waals surface area contributed by atoms with Crippen molar-refractivity contribution in [2.45, 2.75) is 11.7 Å². The molecule has 0 saturated heterocycles. The quantitative estimate of drug-likeness (QED) is 0.268. The molecule has 32 heavy (non-hydrogen) atoms. The molecular weight excluding hydrogens is 420 g/mol. The minimum absolute atomic E-state index is 0.124. The molecule has 1 aromatic heterocycles. The minimum atomic E-state index is -0.124. The molecule has 160 valence electrons. The number of nitrogens with one attached hydrogen (secondary N) is 1. The molecule has 0 saturated carbocycles. The van der Waals surface area contributed by atoms with Gasteiger partial charge in [0.15, 0.2) is 11.0 Å². The van der Waals surface area contributed by atoms with Crippen molar-refractivity contribution in [2.75, 3.05) is 11.1 Å². The molecule has 0 aliphatic carbocycles. The van der Waals surface area contributed by atoms with Crippen LogP contribution in [0, 0.1) is 0 Å². The molecule has 0 atom stereocenters. The molecule has 4 rings (SSSR count). The molecule has 3 aromatic carbocycles. The summed E-state index contributed by atoms with van der Waals surface area (Å²) in [6.45, 7) is 4.38. The van der Waals surface area contributed by atoms with Crippen LogP contribution in [0.15, 0.2) is 103 Å². The van der Waals surface area contributed by atoms with Gasteiger partial charge in [-0.15, -0.1) is 16.8 Å². The van der Waals surface area contributed by atoms with Crippen LogP contribution in [-0.4, -0.2) is 26.4 Å². The van der Waals surface area contributed by atoms with Gasteiger partial charge >= 0.3 is 0 Å². The van der Waals surface area contributed by atoms with Crippen molar-refractivity contribution >= 4 is 23.4 Å². The summed E-state index contributed by atoms with van der Waals surface area (Å²) >= 11 is 1.34. The van der Waals surface area contributed by atoms with Crippen molar-refractivity contribution in [1.82, 2.24) is 14.8 Å². The predicted octanol–water partition coefficient (Wildman–Crippen LogP) is 5.65. The summed E-state index contributed by atoms with van der Waals surface area (Å²) in [4.78, 5) is 12.5. The molecule has 0 aliphatic heterocycles. The minimum Gasteiger partial charge on any atom is -0.457 e. The lowest BCUT2D eigenvalue weighted by Gasteiger charge is -2.09. The van der Waals surface area contributed by atoms with E-state index in [0.717, 1.165) is 17.1 Å². The number of carbonyl (C=O) groups is 1. The summed E-state index contributed by atoms with van der Waals surface area (Å²) in [5.74, 6) is 2.31. The Labute approximate surface area is 191 Å². The second-order valence-corrected chi connectivity index (χ2v) is 7.79. The van der Waals surface area contributed by atoms with Crippen LogP contribution in [-0.2, 0) is 11.3 Å². The molecule has 1 amide bonds. The summed E-state index contributed by atoms with van der Waals surface area (Å²) < 4.78 is 7.73. The average Bonchev–Trinajstić information content (AvgIpc) is 3.23. The Morgan fingerprint density at radius 3 is 2.28 bits per heavy atom. The molecule has 0 spiro atoms. The van der Waals surface area contributed by atoms with Gasteiger partial charge in [0.05, 0.1) is 5.75 Å². The number of amides is 1. The standard InChI is InChI=1S/C25H22N4O2S/c1-2-17-29-24(19-9-5-3-6-10-19)27-28-25(29)32-18-23(30)26-20-13-15-22(16-14-20)31-21-11-7-4-8-12-21/h2-16H,1,17-18H2,(H,26,30). The Hall–Kier alpha value is -3.84. The summed E-state index contributed by atoms with van der Waals surface area (Å²) in [5, 5.41) is 12.2. The second kappa shape index (κ2) is 10.5. The van der Waals surface area contributed by atoms with E-state index in [2.05, 4.69) is 22.1 Å². The lowest BCUT2D eigenvalue weighted by Crippen LogP contribution is -2.14. The Bertz CT molecular complexity index is 1180. The molecule has 0 bridgehead atoms. The first kappa shape index (κ1) is 21.4. The molecule has 0 fully saturated rings. The summed E-state index contributed by atoms with van der Waals surface area (Å²) in [7, 11) is 0. The first-order valence-electron chi connectivity index (χ1n) is 10.1. The number of nitrogens with zero attached hydrogens (tertiary/aromatic N) is 3. The Morgan fingerprint density at radius 2 is 1.59 bits per heavy atom. The van der Waals surface area contributed by atoms with E-state index < -0.39 is 0 Å². The smallest absolute Gasteiger partial charge is 0.234 e. The van der Waals surface area contributed by atoms with Gasteiger partial charge in [-0.3, -0.25) is 9.36 Å². The molecule has 1 heterocycles. The van der Waals surface area contributed by atoms with Gasteiger partial charge in [0.25, 0.3) is 0 Å². The van der Waals surface area contributed by atoms with Crippen molar-refractivity contribution in [1.29, 1.82) is 0 Å². The highest BCUT2D eigenvalue weighted by Crippen LogP contribution is 2.25. The van der Waals surface area contributed by atoms with E-state index in [1.54, 1.807) is 6.08 Å². The van der Waals surface area contributed by atoms with Crippen LogP contribution < -0.4 is 10.1 Å². The van der Waals surface area contributed by atoms with E-state index in [4.69, 9.17) is 4.74 Å². The van der Waals surface area contributed by atoms with Gasteiger partial charge in [-0.25, -0.2) is 0 Å². The molecule has 4 aromatic rings. The number of carbonyl (C=O) groups excluding carboxylic acids is 1. The van der Waals surface area contributed by atoms with Crippen molar-refractivity contribution in [2.24, 2.45) is 0 Å². The largest absolute Gasteiger partial charge is 0.457 e. The SMILES string of the molecule is C=CCn1c(SCC(=O)Nc2ccc(Oc3ccccc3)cc2)nnc1-c1ccccc1. The molecule has 6 nitrogen and oxygen atoms in total. The lowest BCUT2D eigenvalue weighted by atomic mass is 10.2. The molecule has 0 aliphatic rings. The number of allylic oxidation sites excluding steroid dienone is 1. The van der Waals surface area contributed by atoms with Gasteiger partial charge in [-0.05, 0) is 36.4 Å². The summed E-state index contributed by atoms with van der Waals surface area (Å²) in [6, 6.07) is 26.7. The van der Waals surface area contributed by atoms with Crippen LogP contribution in [0.25, 0.3) is 11.4 Å². The zero-order chi connectivity index (χ0) is 22.2. The van der Waals surface area contributed by atoms with Crippen LogP contribution in [0.3, 0.4) is 0 Å². The molecule has 7 heteroatoms. The maximum atomic E-state index is 12.5. The number of hydrogen-bond acceptors (Lipinski definition) is 5. The highest BCUT2D eigenvalue weighted by Gasteiger charge is 2.15. The van der Waals surface area contributed by atoms with Crippen molar-refractivity contribution < 1.29 is 9.53 Å². The van der Waals surface area contributed by atoms with Crippen LogP contribution in [0.4, 0.5) is 5.69 Å². The highest BCUT2D eigenvalue weighted by molar-refractivity contribution is 7.99. The monoisotopic (exact) mass is 442 g/mol. The van der Waals surface area contributed by atoms with Gasteiger partial charge in [0.2, 0.25) is 5.91 Å². The van der Waals surface area contributed by atoms with Crippen LogP contribution in [0.5, 0.6) is 11.5 Å².